The van der Waals surface area contributed by atoms with Crippen molar-refractivity contribution in [3.63, 3.8) is 0 Å². The third-order valence-corrected chi connectivity index (χ3v) is 0. The Hall–Kier alpha value is 0. The Morgan fingerprint density at radius 2 is 0.750 bits per heavy atom. The first kappa shape index (κ1) is 24.5. The molecule has 0 rings (SSSR count). The van der Waals surface area contributed by atoms with Crippen LogP contribution in [0.25, 0.3) is 0 Å². The first-order chi connectivity index (χ1) is 2.73. The molecule has 0 unspecified atom stereocenters. The molecule has 0 aromatic carbocycles. The highest BCUT2D eigenvalue weighted by atomic mass is 13.7. The Balaban J connectivity index is -0.0000000183. The second-order valence-corrected chi connectivity index (χ2v) is 1.73. The number of hydrogen-bond acceptors (Lipinski definition) is 0. The second-order valence-electron chi connectivity index (χ2n) is 1.73. The molecule has 8 heavy (non-hydrogen) atoms. The topological polar surface area (TPSA) is 0 Å². The molecule has 0 radical (unpaired) electrons. The molecule has 0 nitrogen and oxygen atoms in total. The Kier molecular flexibility index (Phi) is 85.8. The zero-order valence-electron chi connectivity index (χ0n) is 5.58. The fourth-order valence-electron chi connectivity index (χ4n) is 0. The minimum absolute atomic E-state index is 0. The van der Waals surface area contributed by atoms with Crippen molar-refractivity contribution in [1.29, 1.82) is 0 Å². The van der Waals surface area contributed by atoms with E-state index >= 15 is 0 Å². The molecule has 0 aliphatic rings. The molecule has 0 heterocycles. The second kappa shape index (κ2) is 28.0. The summed E-state index contributed by atoms with van der Waals surface area (Å²) in [5, 5.41) is 0. The molecule has 0 aliphatic carbocycles. The summed E-state index contributed by atoms with van der Waals surface area (Å²) in [5.74, 6) is 0.833. The molecule has 0 saturated heterocycles. The molecule has 0 spiro atoms. The van der Waals surface area contributed by atoms with E-state index < -0.39 is 0 Å². The van der Waals surface area contributed by atoms with Crippen molar-refractivity contribution in [3.8, 4) is 0 Å². The van der Waals surface area contributed by atoms with Gasteiger partial charge in [-0.15, -0.1) is 0 Å². The highest BCUT2D eigenvalue weighted by Gasteiger charge is 1.68. The number of rotatable bonds is 0. The summed E-state index contributed by atoms with van der Waals surface area (Å²) in [6.07, 6.45) is 0. The van der Waals surface area contributed by atoms with Crippen molar-refractivity contribution in [2.75, 3.05) is 0 Å². The fraction of sp³-hybridized carbons (Fsp3) is 1.00. The Bertz CT molecular complexity index is 4.75. The molecule has 56 valence electrons. The van der Waals surface area contributed by atoms with E-state index in [2.05, 4.69) is 20.8 Å². The van der Waals surface area contributed by atoms with Crippen molar-refractivity contribution in [2.45, 2.75) is 49.5 Å². The molecule has 0 aromatic rings. The lowest BCUT2D eigenvalue weighted by Gasteiger charge is -1.79. The summed E-state index contributed by atoms with van der Waals surface area (Å²) in [6, 6.07) is 0. The van der Waals surface area contributed by atoms with Gasteiger partial charge in [0.1, 0.15) is 0 Å². The van der Waals surface area contributed by atoms with E-state index in [9.17, 15) is 0 Å². The van der Waals surface area contributed by atoms with E-state index in [1.54, 1.807) is 0 Å². The molecule has 0 atom stereocenters. The summed E-state index contributed by atoms with van der Waals surface area (Å²) in [6.45, 7) is 10.5. The summed E-state index contributed by atoms with van der Waals surface area (Å²) >= 11 is 0. The summed E-state index contributed by atoms with van der Waals surface area (Å²) < 4.78 is 0. The maximum atomic E-state index is 2.17. The van der Waals surface area contributed by atoms with Gasteiger partial charge < -0.3 is 0 Å². The monoisotopic (exact) mass is 120 g/mol. The maximum Gasteiger partial charge on any atom is -0.0500 e. The van der Waals surface area contributed by atoms with E-state index in [1.165, 1.54) is 0 Å². The van der Waals surface area contributed by atoms with Crippen LogP contribution >= 0.6 is 0 Å². The average Bonchev–Trinajstić information content (AvgIpc) is 1.41. The zero-order valence-corrected chi connectivity index (χ0v) is 5.58. The average molecular weight is 120 g/mol. The van der Waals surface area contributed by atoms with Gasteiger partial charge in [-0.05, 0) is 5.92 Å². The van der Waals surface area contributed by atoms with Gasteiger partial charge in [-0.25, -0.2) is 0 Å². The fourth-order valence-corrected chi connectivity index (χ4v) is 0. The van der Waals surface area contributed by atoms with Crippen LogP contribution in [0, 0.1) is 5.92 Å². The molecule has 0 saturated carbocycles. The van der Waals surface area contributed by atoms with Crippen LogP contribution in [0.2, 0.25) is 0 Å². The molecule has 0 N–H and O–H groups in total. The third kappa shape index (κ3) is 0. The van der Waals surface area contributed by atoms with E-state index in [0.717, 1.165) is 5.92 Å². The normalized spacial score (nSPS) is 5.25. The predicted octanol–water partition coefficient (Wildman–Crippen LogP) is 3.96. The predicted molar refractivity (Wildman–Crippen MR) is 45.3 cm³/mol. The van der Waals surface area contributed by atoms with E-state index in [-0.39, 0.29) is 14.9 Å². The third-order valence-electron chi connectivity index (χ3n) is 0. The van der Waals surface area contributed by atoms with Crippen LogP contribution in [0.4, 0.5) is 0 Å². The van der Waals surface area contributed by atoms with Gasteiger partial charge in [-0.1, -0.05) is 49.5 Å². The SMILES string of the molecule is C.C.CC.CC(C)C. The highest BCUT2D eigenvalue weighted by Crippen LogP contribution is 1.81. The lowest BCUT2D eigenvalue weighted by molar-refractivity contribution is 0.737. The lowest BCUT2D eigenvalue weighted by atomic mass is 10.3. The van der Waals surface area contributed by atoms with Gasteiger partial charge in [0.05, 0.1) is 0 Å². The van der Waals surface area contributed by atoms with Crippen LogP contribution in [-0.4, -0.2) is 0 Å². The van der Waals surface area contributed by atoms with Crippen molar-refractivity contribution >= 4 is 0 Å². The van der Waals surface area contributed by atoms with Crippen LogP contribution in [0.3, 0.4) is 0 Å². The van der Waals surface area contributed by atoms with Crippen LogP contribution in [0.5, 0.6) is 0 Å². The van der Waals surface area contributed by atoms with Crippen LogP contribution < -0.4 is 0 Å². The van der Waals surface area contributed by atoms with Crippen molar-refractivity contribution < 1.29 is 0 Å². The standard InChI is InChI=1S/C4H10.C2H6.2CH4/c1-4(2)3;1-2;;/h4H,1-3H3;1-2H3;2*1H4. The molecule has 0 aromatic heterocycles. The van der Waals surface area contributed by atoms with Crippen molar-refractivity contribution in [1.82, 2.24) is 0 Å². The van der Waals surface area contributed by atoms with Crippen LogP contribution in [-0.2, 0) is 0 Å². The molecule has 0 aliphatic heterocycles. The first-order valence-corrected chi connectivity index (χ1v) is 2.73. The number of hydrogen-bond donors (Lipinski definition) is 0. The Morgan fingerprint density at radius 1 is 0.750 bits per heavy atom. The van der Waals surface area contributed by atoms with Gasteiger partial charge in [-0.2, -0.15) is 0 Å². The van der Waals surface area contributed by atoms with Gasteiger partial charge >= 0.3 is 0 Å². The van der Waals surface area contributed by atoms with Gasteiger partial charge in [-0.3, -0.25) is 0 Å². The van der Waals surface area contributed by atoms with Crippen molar-refractivity contribution in [2.24, 2.45) is 5.92 Å². The van der Waals surface area contributed by atoms with Gasteiger partial charge in [0.2, 0.25) is 0 Å². The summed E-state index contributed by atoms with van der Waals surface area (Å²) in [4.78, 5) is 0. The molecule has 0 heteroatoms. The minimum Gasteiger partial charge on any atom is -0.0776 e. The van der Waals surface area contributed by atoms with E-state index in [1.807, 2.05) is 13.8 Å². The smallest absolute Gasteiger partial charge is 0.0500 e. The molecule has 0 bridgehead atoms. The largest absolute Gasteiger partial charge is 0.0776 e. The van der Waals surface area contributed by atoms with E-state index in [0.29, 0.717) is 0 Å². The minimum atomic E-state index is 0. The zero-order chi connectivity index (χ0) is 5.58. The Morgan fingerprint density at radius 3 is 0.750 bits per heavy atom. The summed E-state index contributed by atoms with van der Waals surface area (Å²) in [7, 11) is 0. The summed E-state index contributed by atoms with van der Waals surface area (Å²) in [5.41, 5.74) is 0. The Labute approximate surface area is 56.3 Å². The van der Waals surface area contributed by atoms with Gasteiger partial charge in [0, 0.05) is 0 Å². The quantitative estimate of drug-likeness (QED) is 0.454. The van der Waals surface area contributed by atoms with Crippen LogP contribution in [0.1, 0.15) is 49.5 Å². The highest BCUT2D eigenvalue weighted by molar-refractivity contribution is 4.20. The van der Waals surface area contributed by atoms with E-state index in [4.69, 9.17) is 0 Å². The molecule has 0 fully saturated rings. The molecule has 0 amide bonds. The van der Waals surface area contributed by atoms with Gasteiger partial charge in [0.15, 0.2) is 0 Å². The first-order valence-electron chi connectivity index (χ1n) is 2.73. The maximum absolute atomic E-state index is 2.17. The lowest BCUT2D eigenvalue weighted by Crippen LogP contribution is -1.66. The van der Waals surface area contributed by atoms with Crippen molar-refractivity contribution in [3.05, 3.63) is 0 Å². The van der Waals surface area contributed by atoms with Crippen LogP contribution in [0.15, 0.2) is 0 Å². The molecular formula is C8H24. The molecular weight excluding hydrogens is 96.1 g/mol. The van der Waals surface area contributed by atoms with Gasteiger partial charge in [0.25, 0.3) is 0 Å².